The van der Waals surface area contributed by atoms with E-state index in [1.54, 1.807) is 0 Å². The quantitative estimate of drug-likeness (QED) is 0.505. The fraction of sp³-hybridized carbons (Fsp3) is 0.400. The Morgan fingerprint density at radius 2 is 2.17 bits per heavy atom. The number of fused-ring (bicyclic) bond motifs is 1. The first kappa shape index (κ1) is 7.47. The van der Waals surface area contributed by atoms with Crippen LogP contribution < -0.4 is 0 Å². The van der Waals surface area contributed by atoms with Crippen LogP contribution in [0, 0.1) is 5.92 Å². The number of hydrogen-bond acceptors (Lipinski definition) is 2. The first-order valence-electron chi connectivity index (χ1n) is 4.13. The Morgan fingerprint density at radius 1 is 1.42 bits per heavy atom. The van der Waals surface area contributed by atoms with Crippen molar-refractivity contribution in [1.82, 2.24) is 0 Å². The molecule has 2 aliphatic carbocycles. The van der Waals surface area contributed by atoms with Crippen molar-refractivity contribution in [2.75, 3.05) is 0 Å². The molecule has 0 N–H and O–H groups in total. The Morgan fingerprint density at radius 3 is 2.83 bits per heavy atom. The molecule has 2 nitrogen and oxygen atoms in total. The molecule has 1 atom stereocenters. The number of Topliss-reactive ketones (excluding diaryl/α,β-unsaturated/α-hetero) is 2. The molecule has 0 radical (unpaired) electrons. The summed E-state index contributed by atoms with van der Waals surface area (Å²) in [7, 11) is 0. The Balaban J connectivity index is 2.51. The highest BCUT2D eigenvalue weighted by Crippen LogP contribution is 2.33. The van der Waals surface area contributed by atoms with Crippen molar-refractivity contribution in [2.45, 2.75) is 19.8 Å². The lowest BCUT2D eigenvalue weighted by molar-refractivity contribution is -0.122. The number of rotatable bonds is 0. The predicted octanol–water partition coefficient (Wildman–Crippen LogP) is 1.42. The van der Waals surface area contributed by atoms with E-state index in [1.807, 2.05) is 19.1 Å². The lowest BCUT2D eigenvalue weighted by Gasteiger charge is -2.13. The van der Waals surface area contributed by atoms with E-state index in [4.69, 9.17) is 0 Å². The number of allylic oxidation sites excluding steroid dienone is 4. The third kappa shape index (κ3) is 0.876. The van der Waals surface area contributed by atoms with E-state index in [1.165, 1.54) is 0 Å². The summed E-state index contributed by atoms with van der Waals surface area (Å²) in [5.41, 5.74) is 1.74. The van der Waals surface area contributed by atoms with Crippen LogP contribution in [0.5, 0.6) is 0 Å². The van der Waals surface area contributed by atoms with Crippen molar-refractivity contribution in [3.05, 3.63) is 23.3 Å². The Hall–Kier alpha value is -1.18. The van der Waals surface area contributed by atoms with E-state index in [-0.39, 0.29) is 23.9 Å². The van der Waals surface area contributed by atoms with Crippen LogP contribution in [-0.4, -0.2) is 11.6 Å². The van der Waals surface area contributed by atoms with Gasteiger partial charge in [0.1, 0.15) is 5.78 Å². The summed E-state index contributed by atoms with van der Waals surface area (Å²) in [5.74, 6) is 0.0213. The third-order valence-electron chi connectivity index (χ3n) is 2.54. The van der Waals surface area contributed by atoms with Gasteiger partial charge in [0.2, 0.25) is 0 Å². The van der Waals surface area contributed by atoms with Gasteiger partial charge in [-0.25, -0.2) is 0 Å². The van der Waals surface area contributed by atoms with Gasteiger partial charge in [0, 0.05) is 5.57 Å². The van der Waals surface area contributed by atoms with E-state index < -0.39 is 0 Å². The van der Waals surface area contributed by atoms with Crippen LogP contribution in [0.25, 0.3) is 0 Å². The Kier molecular flexibility index (Phi) is 1.50. The maximum absolute atomic E-state index is 11.3. The fourth-order valence-electron chi connectivity index (χ4n) is 1.95. The maximum Gasteiger partial charge on any atom is 0.167 e. The van der Waals surface area contributed by atoms with Gasteiger partial charge in [-0.15, -0.1) is 0 Å². The van der Waals surface area contributed by atoms with Gasteiger partial charge in [-0.2, -0.15) is 0 Å². The summed E-state index contributed by atoms with van der Waals surface area (Å²) in [4.78, 5) is 22.6. The molecule has 12 heavy (non-hydrogen) atoms. The van der Waals surface area contributed by atoms with E-state index >= 15 is 0 Å². The van der Waals surface area contributed by atoms with Gasteiger partial charge in [-0.1, -0.05) is 12.2 Å². The van der Waals surface area contributed by atoms with Crippen molar-refractivity contribution in [3.8, 4) is 0 Å². The van der Waals surface area contributed by atoms with Crippen molar-refractivity contribution in [1.29, 1.82) is 0 Å². The molecular formula is C10H10O2. The van der Waals surface area contributed by atoms with Crippen LogP contribution in [-0.2, 0) is 9.59 Å². The minimum absolute atomic E-state index is 0.0341. The smallest absolute Gasteiger partial charge is 0.167 e. The molecule has 62 valence electrons. The van der Waals surface area contributed by atoms with Crippen molar-refractivity contribution < 1.29 is 9.59 Å². The van der Waals surface area contributed by atoms with E-state index in [0.717, 1.165) is 17.6 Å². The summed E-state index contributed by atoms with van der Waals surface area (Å²) in [5, 5.41) is 0. The van der Waals surface area contributed by atoms with Gasteiger partial charge in [-0.3, -0.25) is 9.59 Å². The van der Waals surface area contributed by atoms with E-state index in [0.29, 0.717) is 0 Å². The number of carbonyl (C=O) groups excluding carboxylic acids is 2. The van der Waals surface area contributed by atoms with Crippen LogP contribution in [0.1, 0.15) is 19.8 Å². The van der Waals surface area contributed by atoms with Gasteiger partial charge >= 0.3 is 0 Å². The normalized spacial score (nSPS) is 28.2. The van der Waals surface area contributed by atoms with E-state index in [9.17, 15) is 9.59 Å². The Bertz CT molecular complexity index is 321. The van der Waals surface area contributed by atoms with Crippen LogP contribution in [0.4, 0.5) is 0 Å². The highest BCUT2D eigenvalue weighted by molar-refractivity contribution is 6.18. The van der Waals surface area contributed by atoms with Gasteiger partial charge in [0.15, 0.2) is 5.78 Å². The van der Waals surface area contributed by atoms with Gasteiger partial charge in [-0.05, 0) is 18.9 Å². The zero-order valence-electron chi connectivity index (χ0n) is 6.96. The zero-order chi connectivity index (χ0) is 8.72. The molecule has 0 spiro atoms. The highest BCUT2D eigenvalue weighted by atomic mass is 16.2. The average molecular weight is 162 g/mol. The van der Waals surface area contributed by atoms with Crippen LogP contribution in [0.15, 0.2) is 23.3 Å². The van der Waals surface area contributed by atoms with Crippen molar-refractivity contribution in [2.24, 2.45) is 5.92 Å². The standard InChI is InChI=1S/C10H10O2/c1-6-3-2-4-7-8(11)5-9(12)10(6)7/h2-3,7H,4-5H2,1H3. The number of ketones is 2. The lowest BCUT2D eigenvalue weighted by Crippen LogP contribution is -2.10. The Labute approximate surface area is 71.0 Å². The molecule has 0 saturated heterocycles. The lowest BCUT2D eigenvalue weighted by atomic mass is 9.89. The molecule has 0 bridgehead atoms. The zero-order valence-corrected chi connectivity index (χ0v) is 6.96. The topological polar surface area (TPSA) is 34.1 Å². The molecule has 1 saturated carbocycles. The number of carbonyl (C=O) groups is 2. The minimum Gasteiger partial charge on any atom is -0.299 e. The summed E-state index contributed by atoms with van der Waals surface area (Å²) >= 11 is 0. The monoisotopic (exact) mass is 162 g/mol. The first-order chi connectivity index (χ1) is 5.70. The van der Waals surface area contributed by atoms with Gasteiger partial charge in [0.05, 0.1) is 12.3 Å². The molecule has 0 aromatic carbocycles. The van der Waals surface area contributed by atoms with Crippen LogP contribution >= 0.6 is 0 Å². The average Bonchev–Trinajstić information content (AvgIpc) is 2.29. The molecule has 0 aliphatic heterocycles. The van der Waals surface area contributed by atoms with Gasteiger partial charge in [0.25, 0.3) is 0 Å². The summed E-state index contributed by atoms with van der Waals surface area (Å²) < 4.78 is 0. The largest absolute Gasteiger partial charge is 0.299 e. The summed E-state index contributed by atoms with van der Waals surface area (Å²) in [6.45, 7) is 1.90. The van der Waals surface area contributed by atoms with Crippen molar-refractivity contribution >= 4 is 11.6 Å². The van der Waals surface area contributed by atoms with Gasteiger partial charge < -0.3 is 0 Å². The molecule has 2 heteroatoms. The molecule has 2 aliphatic rings. The second-order valence-corrected chi connectivity index (χ2v) is 3.35. The van der Waals surface area contributed by atoms with Crippen molar-refractivity contribution in [3.63, 3.8) is 0 Å². The molecule has 0 heterocycles. The highest BCUT2D eigenvalue weighted by Gasteiger charge is 2.37. The predicted molar refractivity (Wildman–Crippen MR) is 44.6 cm³/mol. The second kappa shape index (κ2) is 2.41. The molecular weight excluding hydrogens is 152 g/mol. The minimum atomic E-state index is -0.109. The molecule has 0 amide bonds. The molecule has 0 aromatic heterocycles. The first-order valence-corrected chi connectivity index (χ1v) is 4.13. The van der Waals surface area contributed by atoms with E-state index in [2.05, 4.69) is 0 Å². The summed E-state index contributed by atoms with van der Waals surface area (Å²) in [6.07, 6.45) is 4.75. The maximum atomic E-state index is 11.3. The SMILES string of the molecule is CC1=C2C(=O)CC(=O)C2CC=C1. The fourth-order valence-corrected chi connectivity index (χ4v) is 1.95. The van der Waals surface area contributed by atoms with Crippen LogP contribution in [0.2, 0.25) is 0 Å². The van der Waals surface area contributed by atoms with Crippen LogP contribution in [0.3, 0.4) is 0 Å². The third-order valence-corrected chi connectivity index (χ3v) is 2.54. The second-order valence-electron chi connectivity index (χ2n) is 3.35. The summed E-state index contributed by atoms with van der Waals surface area (Å²) in [6, 6.07) is 0. The molecule has 1 fully saturated rings. The molecule has 1 unspecified atom stereocenters. The number of hydrogen-bond donors (Lipinski definition) is 0. The molecule has 0 aromatic rings. The molecule has 2 rings (SSSR count).